The molecule has 14 nitrogen and oxygen atoms in total. The van der Waals surface area contributed by atoms with Gasteiger partial charge < -0.3 is 56.8 Å². The Morgan fingerprint density at radius 1 is 0.606 bits per heavy atom. The first-order valence-corrected chi connectivity index (χ1v) is 26.1. The van der Waals surface area contributed by atoms with Crippen molar-refractivity contribution in [1.82, 2.24) is 0 Å². The number of allylic oxidation sites excluding steroid dienone is 6. The second kappa shape index (κ2) is 25.7. The largest absolute Gasteiger partial charge is 0.461 e. The van der Waals surface area contributed by atoms with Gasteiger partial charge in [-0.2, -0.15) is 0 Å². The van der Waals surface area contributed by atoms with E-state index >= 15 is 0 Å². The summed E-state index contributed by atoms with van der Waals surface area (Å²) >= 11 is 0. The van der Waals surface area contributed by atoms with Crippen LogP contribution >= 0.6 is 7.60 Å². The summed E-state index contributed by atoms with van der Waals surface area (Å²) in [6.45, 7) is 25.5. The minimum Gasteiger partial charge on any atom is -0.461 e. The minimum atomic E-state index is -3.59. The molecule has 0 aromatic heterocycles. The van der Waals surface area contributed by atoms with Crippen molar-refractivity contribution < 1.29 is 66.1 Å². The number of hydrogen-bond donors (Lipinski definition) is 1. The lowest BCUT2D eigenvalue weighted by molar-refractivity contribution is -0.338. The summed E-state index contributed by atoms with van der Waals surface area (Å²) in [4.78, 5) is 13.0. The molecule has 4 saturated heterocycles. The average Bonchev–Trinajstić information content (AvgIpc) is 3.16. The molecule has 66 heavy (non-hydrogen) atoms. The second-order valence-corrected chi connectivity index (χ2v) is 22.2. The predicted octanol–water partition coefficient (Wildman–Crippen LogP) is 10.4. The Kier molecular flexibility index (Phi) is 22.0. The molecule has 0 saturated carbocycles. The molecule has 4 aliphatic heterocycles. The third kappa shape index (κ3) is 20.1. The first kappa shape index (κ1) is 56.5. The van der Waals surface area contributed by atoms with Gasteiger partial charge in [0.05, 0.1) is 68.7 Å². The fourth-order valence-electron chi connectivity index (χ4n) is 9.65. The Morgan fingerprint density at radius 2 is 1.00 bits per heavy atom. The molecule has 0 amide bonds. The first-order valence-electron chi connectivity index (χ1n) is 24.4. The molecule has 4 fully saturated rings. The highest BCUT2D eigenvalue weighted by Crippen LogP contribution is 2.48. The van der Waals surface area contributed by atoms with Crippen LogP contribution in [-0.4, -0.2) is 115 Å². The van der Waals surface area contributed by atoms with Crippen molar-refractivity contribution in [3.05, 3.63) is 60.8 Å². The molecule has 4 rings (SSSR count). The SMILES string of the molecule is CCOP(=O)(CC(=O)O[C@@H](C(C)C)[C@@H](C)/C=C/[C@H]1C[C@@H](C[C@@H]2C[C@H](C[C@H]3C[C@H](C[C@@H]4C[C@H](C/C=C/C=C/C=C/C=C/CO)OC(C)(C)O4)OC(C)(C)O3)OC(C)(C)O2)OC(C)(C)O1)OCC. The Hall–Kier alpha value is -2.04. The van der Waals surface area contributed by atoms with Crippen LogP contribution in [-0.2, 0) is 61.0 Å². The highest BCUT2D eigenvalue weighted by molar-refractivity contribution is 7.54. The van der Waals surface area contributed by atoms with Crippen LogP contribution in [0.15, 0.2) is 60.8 Å². The van der Waals surface area contributed by atoms with Crippen molar-refractivity contribution >= 4 is 13.6 Å². The lowest BCUT2D eigenvalue weighted by atomic mass is 9.91. The Labute approximate surface area is 396 Å². The maximum atomic E-state index is 13.0. The third-order valence-electron chi connectivity index (χ3n) is 11.6. The number of esters is 1. The average molecular weight is 953 g/mol. The molecule has 0 unspecified atom stereocenters. The fraction of sp³-hybridized carbons (Fsp3) is 0.784. The molecule has 4 heterocycles. The van der Waals surface area contributed by atoms with Gasteiger partial charge in [-0.15, -0.1) is 0 Å². The van der Waals surface area contributed by atoms with E-state index in [0.717, 1.165) is 19.3 Å². The quantitative estimate of drug-likeness (QED) is 0.0447. The summed E-state index contributed by atoms with van der Waals surface area (Å²) in [6, 6.07) is 0. The molecule has 378 valence electrons. The standard InChI is InChI=1S/C51H85O14P/c1-14-55-66(54,56-15-2)35-46(53)57-47(36(3)4)37(5)25-26-39-29-41(61-49(8,9)59-39)31-43-33-45(65-51(12,13)63-43)34-44-32-42(62-50(10,11)64-44)30-40-28-38(58-48(6,7)60-40)24-22-20-18-16-17-19-21-23-27-52/h16-23,25-26,36-45,47,52H,14-15,24,27-35H2,1-13H3/b18-16+,19-17+,22-20+,23-21+,26-25+/t37-,38-,39-,40-,41-,42-,43+,44+,45+,47-/m0/s1. The number of aliphatic hydroxyl groups excluding tert-OH is 1. The van der Waals surface area contributed by atoms with Crippen molar-refractivity contribution in [2.45, 2.75) is 219 Å². The number of aliphatic hydroxyl groups is 1. The maximum absolute atomic E-state index is 13.0. The van der Waals surface area contributed by atoms with Gasteiger partial charge in [0, 0.05) is 50.9 Å². The van der Waals surface area contributed by atoms with Crippen molar-refractivity contribution in [2.24, 2.45) is 11.8 Å². The van der Waals surface area contributed by atoms with E-state index in [-0.39, 0.29) is 80.5 Å². The van der Waals surface area contributed by atoms with Gasteiger partial charge in [0.15, 0.2) is 23.1 Å². The lowest BCUT2D eigenvalue weighted by Gasteiger charge is -2.47. The number of carbonyl (C=O) groups is 1. The maximum Gasteiger partial charge on any atom is 0.341 e. The van der Waals surface area contributed by atoms with E-state index in [1.165, 1.54) is 0 Å². The minimum absolute atomic E-state index is 0.00127. The molecule has 0 bridgehead atoms. The van der Waals surface area contributed by atoms with E-state index in [1.54, 1.807) is 19.9 Å². The van der Waals surface area contributed by atoms with Crippen LogP contribution in [0.2, 0.25) is 0 Å². The normalized spacial score (nSPS) is 31.4. The van der Waals surface area contributed by atoms with Crippen LogP contribution < -0.4 is 0 Å². The van der Waals surface area contributed by atoms with Gasteiger partial charge in [-0.25, -0.2) is 0 Å². The molecular weight excluding hydrogens is 868 g/mol. The highest BCUT2D eigenvalue weighted by Gasteiger charge is 2.45. The third-order valence-corrected chi connectivity index (χ3v) is 13.6. The molecule has 0 aromatic rings. The van der Waals surface area contributed by atoms with E-state index in [4.69, 9.17) is 56.8 Å². The topological polar surface area (TPSA) is 156 Å². The van der Waals surface area contributed by atoms with Gasteiger partial charge in [0.25, 0.3) is 0 Å². The fourth-order valence-corrected chi connectivity index (χ4v) is 11.1. The summed E-state index contributed by atoms with van der Waals surface area (Å²) < 4.78 is 81.4. The highest BCUT2D eigenvalue weighted by atomic mass is 31.2. The van der Waals surface area contributed by atoms with Gasteiger partial charge in [0.2, 0.25) is 0 Å². The van der Waals surface area contributed by atoms with Gasteiger partial charge in [0.1, 0.15) is 12.3 Å². The van der Waals surface area contributed by atoms with Crippen LogP contribution in [0.5, 0.6) is 0 Å². The molecule has 1 N–H and O–H groups in total. The summed E-state index contributed by atoms with van der Waals surface area (Å²) in [5.41, 5.74) is 0. The number of ether oxygens (including phenoxy) is 9. The van der Waals surface area contributed by atoms with E-state index in [1.807, 2.05) is 125 Å². The van der Waals surface area contributed by atoms with Crippen molar-refractivity contribution in [3.8, 4) is 0 Å². The summed E-state index contributed by atoms with van der Waals surface area (Å²) in [6.07, 6.45) is 23.4. The smallest absolute Gasteiger partial charge is 0.341 e. The molecule has 4 aliphatic rings. The summed E-state index contributed by atoms with van der Waals surface area (Å²) in [5.74, 6) is -3.90. The van der Waals surface area contributed by atoms with E-state index in [9.17, 15) is 9.36 Å². The van der Waals surface area contributed by atoms with Crippen LogP contribution in [0.25, 0.3) is 0 Å². The lowest BCUT2D eigenvalue weighted by Crippen LogP contribution is -2.51. The van der Waals surface area contributed by atoms with Crippen LogP contribution in [0.3, 0.4) is 0 Å². The Balaban J connectivity index is 1.34. The van der Waals surface area contributed by atoms with Gasteiger partial charge in [-0.3, -0.25) is 9.36 Å². The number of carbonyl (C=O) groups excluding carboxylic acids is 1. The van der Waals surface area contributed by atoms with Gasteiger partial charge >= 0.3 is 13.6 Å². The van der Waals surface area contributed by atoms with E-state index in [2.05, 4.69) is 6.08 Å². The van der Waals surface area contributed by atoms with Crippen LogP contribution in [0, 0.1) is 11.8 Å². The molecule has 0 aromatic carbocycles. The zero-order valence-electron chi connectivity index (χ0n) is 42.3. The number of rotatable bonds is 23. The molecule has 0 aliphatic carbocycles. The molecule has 0 radical (unpaired) electrons. The zero-order valence-corrected chi connectivity index (χ0v) is 43.2. The first-order chi connectivity index (χ1) is 30.9. The zero-order chi connectivity index (χ0) is 48.8. The Bertz CT molecular complexity index is 1670. The molecule has 10 atom stereocenters. The van der Waals surface area contributed by atoms with Crippen molar-refractivity contribution in [3.63, 3.8) is 0 Å². The Morgan fingerprint density at radius 3 is 1.44 bits per heavy atom. The van der Waals surface area contributed by atoms with E-state index < -0.39 is 49.0 Å². The summed E-state index contributed by atoms with van der Waals surface area (Å²) in [7, 11) is -3.59. The predicted molar refractivity (Wildman–Crippen MR) is 255 cm³/mol. The van der Waals surface area contributed by atoms with E-state index in [0.29, 0.717) is 32.1 Å². The molecule has 15 heteroatoms. The van der Waals surface area contributed by atoms with Crippen molar-refractivity contribution in [1.29, 1.82) is 0 Å². The molecule has 0 spiro atoms. The van der Waals surface area contributed by atoms with Gasteiger partial charge in [-0.1, -0.05) is 81.5 Å². The summed E-state index contributed by atoms with van der Waals surface area (Å²) in [5, 5.41) is 8.85. The second-order valence-electron chi connectivity index (χ2n) is 20.2. The monoisotopic (exact) mass is 953 g/mol. The van der Waals surface area contributed by atoms with Crippen LogP contribution in [0.4, 0.5) is 0 Å². The number of hydrogen-bond acceptors (Lipinski definition) is 14. The van der Waals surface area contributed by atoms with Crippen LogP contribution in [0.1, 0.15) is 141 Å². The van der Waals surface area contributed by atoms with Crippen molar-refractivity contribution in [2.75, 3.05) is 26.0 Å². The van der Waals surface area contributed by atoms with Gasteiger partial charge in [-0.05, 0) is 81.6 Å². The molecular formula is C51H85O14P.